The molecule has 0 saturated heterocycles. The summed E-state index contributed by atoms with van der Waals surface area (Å²) < 4.78 is 15.8. The molecule has 0 spiro atoms. The van der Waals surface area contributed by atoms with Crippen LogP contribution in [0.2, 0.25) is 0 Å². The summed E-state index contributed by atoms with van der Waals surface area (Å²) >= 11 is 0. The third-order valence-corrected chi connectivity index (χ3v) is 3.31. The molecule has 0 bridgehead atoms. The fraction of sp³-hybridized carbons (Fsp3) is 0.571. The highest BCUT2D eigenvalue weighted by Gasteiger charge is 2.26. The molecule has 0 heterocycles. The minimum Gasteiger partial charge on any atom is -0.404 e. The molecule has 4 nitrogen and oxygen atoms in total. The van der Waals surface area contributed by atoms with Gasteiger partial charge < -0.3 is 4.52 Å². The second-order valence-corrected chi connectivity index (χ2v) is 7.96. The molecule has 0 aromatic heterocycles. The largest absolute Gasteiger partial charge is 0.524 e. The zero-order valence-electron chi connectivity index (χ0n) is 13.0. The maximum absolute atomic E-state index is 11.0. The van der Waals surface area contributed by atoms with Crippen molar-refractivity contribution in [2.24, 2.45) is 0 Å². The van der Waals surface area contributed by atoms with Crippen molar-refractivity contribution in [1.82, 2.24) is 0 Å². The van der Waals surface area contributed by atoms with Gasteiger partial charge >= 0.3 is 7.82 Å². The van der Waals surface area contributed by atoms with Gasteiger partial charge in [0.15, 0.2) is 0 Å². The number of rotatable bonds is 2. The van der Waals surface area contributed by atoms with Crippen molar-refractivity contribution in [1.29, 1.82) is 0 Å². The van der Waals surface area contributed by atoms with Gasteiger partial charge in [-0.05, 0) is 22.5 Å². The van der Waals surface area contributed by atoms with E-state index in [1.54, 1.807) is 6.07 Å². The minimum atomic E-state index is -4.54. The Bertz CT molecular complexity index is 509. The molecular formula is C14H23AlO4P. The fourth-order valence-electron chi connectivity index (χ4n) is 1.79. The number of phosphoric acid groups is 1. The normalized spacial score (nSPS) is 12.8. The Hall–Kier alpha value is -0.298. The Labute approximate surface area is 131 Å². The topological polar surface area (TPSA) is 66.8 Å². The lowest BCUT2D eigenvalue weighted by Crippen LogP contribution is -2.17. The highest BCUT2D eigenvalue weighted by molar-refractivity contribution is 7.46. The van der Waals surface area contributed by atoms with Crippen LogP contribution in [-0.4, -0.2) is 27.1 Å². The SMILES string of the molecule is CC(C)(C)c1ccc(OP(=O)(O)O)c(C(C)(C)C)c1.[Al]. The highest BCUT2D eigenvalue weighted by Crippen LogP contribution is 2.43. The first-order chi connectivity index (χ1) is 8.31. The summed E-state index contributed by atoms with van der Waals surface area (Å²) in [7, 11) is -4.54. The van der Waals surface area contributed by atoms with Crippen LogP contribution in [0.15, 0.2) is 18.2 Å². The van der Waals surface area contributed by atoms with Crippen molar-refractivity contribution in [3.05, 3.63) is 29.3 Å². The summed E-state index contributed by atoms with van der Waals surface area (Å²) in [6, 6.07) is 5.45. The summed E-state index contributed by atoms with van der Waals surface area (Å²) in [4.78, 5) is 18.0. The molecular weight excluding hydrogens is 290 g/mol. The van der Waals surface area contributed by atoms with Crippen LogP contribution >= 0.6 is 7.82 Å². The van der Waals surface area contributed by atoms with E-state index in [-0.39, 0.29) is 33.9 Å². The zero-order chi connectivity index (χ0) is 15.1. The smallest absolute Gasteiger partial charge is 0.404 e. The molecule has 0 aliphatic heterocycles. The monoisotopic (exact) mass is 313 g/mol. The second kappa shape index (κ2) is 6.22. The molecule has 0 aliphatic rings. The Balaban J connectivity index is 0.00000361. The van der Waals surface area contributed by atoms with E-state index >= 15 is 0 Å². The van der Waals surface area contributed by atoms with Gasteiger partial charge in [-0.25, -0.2) is 4.57 Å². The summed E-state index contributed by atoms with van der Waals surface area (Å²) in [6.07, 6.45) is 0. The molecule has 20 heavy (non-hydrogen) atoms. The molecule has 6 heteroatoms. The van der Waals surface area contributed by atoms with Gasteiger partial charge in [-0.15, -0.1) is 0 Å². The number of phosphoric ester groups is 1. The van der Waals surface area contributed by atoms with E-state index in [1.165, 1.54) is 0 Å². The van der Waals surface area contributed by atoms with Gasteiger partial charge in [0.05, 0.1) is 0 Å². The lowest BCUT2D eigenvalue weighted by Gasteiger charge is -2.27. The lowest BCUT2D eigenvalue weighted by molar-refractivity contribution is 0.281. The van der Waals surface area contributed by atoms with Gasteiger partial charge in [-0.1, -0.05) is 53.7 Å². The van der Waals surface area contributed by atoms with Crippen molar-refractivity contribution >= 4 is 25.2 Å². The first-order valence-electron chi connectivity index (χ1n) is 6.21. The van der Waals surface area contributed by atoms with Crippen LogP contribution in [0.3, 0.4) is 0 Å². The van der Waals surface area contributed by atoms with Crippen molar-refractivity contribution in [2.75, 3.05) is 0 Å². The number of benzene rings is 1. The first-order valence-corrected chi connectivity index (χ1v) is 7.74. The molecule has 1 rings (SSSR count). The maximum atomic E-state index is 11.0. The van der Waals surface area contributed by atoms with Crippen LogP contribution in [0.5, 0.6) is 5.75 Å². The molecule has 111 valence electrons. The Morgan fingerprint density at radius 3 is 1.85 bits per heavy atom. The zero-order valence-corrected chi connectivity index (χ0v) is 15.0. The Kier molecular flexibility index (Phi) is 6.13. The van der Waals surface area contributed by atoms with Crippen molar-refractivity contribution in [2.45, 2.75) is 52.4 Å². The van der Waals surface area contributed by atoms with Crippen LogP contribution in [0.25, 0.3) is 0 Å². The molecule has 0 amide bonds. The molecule has 0 atom stereocenters. The summed E-state index contributed by atoms with van der Waals surface area (Å²) in [5, 5.41) is 0. The predicted molar refractivity (Wildman–Crippen MR) is 82.3 cm³/mol. The third kappa shape index (κ3) is 5.60. The molecule has 0 unspecified atom stereocenters. The van der Waals surface area contributed by atoms with Crippen LogP contribution < -0.4 is 4.52 Å². The van der Waals surface area contributed by atoms with Gasteiger partial charge in [0.25, 0.3) is 0 Å². The summed E-state index contributed by atoms with van der Waals surface area (Å²) in [6.45, 7) is 12.2. The minimum absolute atomic E-state index is 0. The van der Waals surface area contributed by atoms with Crippen LogP contribution in [0.4, 0.5) is 0 Å². The predicted octanol–water partition coefficient (Wildman–Crippen LogP) is 3.37. The summed E-state index contributed by atoms with van der Waals surface area (Å²) in [5.74, 6) is 0.244. The van der Waals surface area contributed by atoms with Crippen LogP contribution in [0.1, 0.15) is 52.7 Å². The molecule has 1 aromatic rings. The van der Waals surface area contributed by atoms with Crippen molar-refractivity contribution in [3.8, 4) is 5.75 Å². The summed E-state index contributed by atoms with van der Waals surface area (Å²) in [5.41, 5.74) is 1.62. The molecule has 3 radical (unpaired) electrons. The van der Waals surface area contributed by atoms with Crippen LogP contribution in [-0.2, 0) is 15.4 Å². The van der Waals surface area contributed by atoms with E-state index in [4.69, 9.17) is 14.3 Å². The van der Waals surface area contributed by atoms with E-state index in [2.05, 4.69) is 20.8 Å². The van der Waals surface area contributed by atoms with Gasteiger partial charge in [0.1, 0.15) is 5.75 Å². The van der Waals surface area contributed by atoms with E-state index in [0.29, 0.717) is 0 Å². The van der Waals surface area contributed by atoms with E-state index in [0.717, 1.165) is 11.1 Å². The molecule has 2 N–H and O–H groups in total. The van der Waals surface area contributed by atoms with E-state index in [1.807, 2.05) is 32.9 Å². The quantitative estimate of drug-likeness (QED) is 0.649. The standard InChI is InChI=1S/C14H23O4P.Al/c1-13(2,3)10-7-8-12(18-19(15,16)17)11(9-10)14(4,5)6;/h7-9H,1-6H3,(H2,15,16,17);. The first kappa shape index (κ1) is 19.7. The maximum Gasteiger partial charge on any atom is 0.524 e. The Morgan fingerprint density at radius 2 is 1.50 bits per heavy atom. The number of hydrogen-bond donors (Lipinski definition) is 2. The molecule has 1 aromatic carbocycles. The average molecular weight is 313 g/mol. The third-order valence-electron chi connectivity index (χ3n) is 2.87. The van der Waals surface area contributed by atoms with E-state index < -0.39 is 7.82 Å². The van der Waals surface area contributed by atoms with Crippen molar-refractivity contribution < 1.29 is 18.9 Å². The highest BCUT2D eigenvalue weighted by atomic mass is 31.2. The molecule has 0 saturated carbocycles. The van der Waals surface area contributed by atoms with Gasteiger partial charge in [-0.2, -0.15) is 0 Å². The molecule has 0 fully saturated rings. The lowest BCUT2D eigenvalue weighted by atomic mass is 9.80. The van der Waals surface area contributed by atoms with Gasteiger partial charge in [0, 0.05) is 22.9 Å². The Morgan fingerprint density at radius 1 is 1.00 bits per heavy atom. The second-order valence-electron chi connectivity index (χ2n) is 6.79. The van der Waals surface area contributed by atoms with E-state index in [9.17, 15) is 4.57 Å². The van der Waals surface area contributed by atoms with Gasteiger partial charge in [0.2, 0.25) is 0 Å². The van der Waals surface area contributed by atoms with Crippen LogP contribution in [0, 0.1) is 0 Å². The van der Waals surface area contributed by atoms with Gasteiger partial charge in [-0.3, -0.25) is 9.79 Å². The average Bonchev–Trinajstić information content (AvgIpc) is 2.11. The number of hydrogen-bond acceptors (Lipinski definition) is 2. The molecule has 0 aliphatic carbocycles. The fourth-order valence-corrected chi connectivity index (χ4v) is 2.21. The van der Waals surface area contributed by atoms with Crippen molar-refractivity contribution in [3.63, 3.8) is 0 Å².